The zero-order valence-corrected chi connectivity index (χ0v) is 18.2. The van der Waals surface area contributed by atoms with Gasteiger partial charge in [0.25, 0.3) is 11.5 Å². The molecule has 0 fully saturated rings. The van der Waals surface area contributed by atoms with Gasteiger partial charge in [-0.25, -0.2) is 9.48 Å². The minimum atomic E-state index is -0.750. The maximum Gasteiger partial charge on any atom is 0.359 e. The molecule has 1 amide bonds. The Morgan fingerprint density at radius 3 is 2.44 bits per heavy atom. The summed E-state index contributed by atoms with van der Waals surface area (Å²) < 4.78 is 6.53. The first-order chi connectivity index (χ1) is 15.5. The third-order valence-corrected chi connectivity index (χ3v) is 5.72. The number of ether oxygens (including phenoxy) is 1. The summed E-state index contributed by atoms with van der Waals surface area (Å²) in [5.74, 6) is -1.08. The Balaban J connectivity index is 1.55. The standard InChI is InChI=1S/C24H21N3O4S/c1-26(13-18-11-12-32-16-18)21(28)15-31-24(30)22-19-9-5-6-10-20(19)23(29)27(25-22)14-17-7-3-2-4-8-17/h2-12,16H,13-15H2,1H3. The van der Waals surface area contributed by atoms with E-state index in [-0.39, 0.29) is 23.7 Å². The van der Waals surface area contributed by atoms with E-state index in [1.165, 1.54) is 9.58 Å². The largest absolute Gasteiger partial charge is 0.451 e. The first-order valence-electron chi connectivity index (χ1n) is 9.99. The zero-order valence-electron chi connectivity index (χ0n) is 17.4. The Morgan fingerprint density at radius 2 is 1.72 bits per heavy atom. The van der Waals surface area contributed by atoms with Crippen molar-refractivity contribution in [1.82, 2.24) is 14.7 Å². The number of carbonyl (C=O) groups is 2. The van der Waals surface area contributed by atoms with Gasteiger partial charge in [0.05, 0.1) is 11.9 Å². The van der Waals surface area contributed by atoms with Crippen LogP contribution in [0.25, 0.3) is 10.8 Å². The van der Waals surface area contributed by atoms with E-state index in [0.29, 0.717) is 17.3 Å². The number of thiophene rings is 1. The smallest absolute Gasteiger partial charge is 0.359 e. The molecule has 2 aromatic carbocycles. The van der Waals surface area contributed by atoms with E-state index in [1.54, 1.807) is 42.6 Å². The highest BCUT2D eigenvalue weighted by Crippen LogP contribution is 2.15. The van der Waals surface area contributed by atoms with Crippen molar-refractivity contribution in [1.29, 1.82) is 0 Å². The summed E-state index contributed by atoms with van der Waals surface area (Å²) in [5, 5.41) is 8.95. The molecule has 2 heterocycles. The van der Waals surface area contributed by atoms with Crippen LogP contribution in [-0.4, -0.2) is 40.2 Å². The fourth-order valence-electron chi connectivity index (χ4n) is 3.30. The van der Waals surface area contributed by atoms with E-state index in [2.05, 4.69) is 5.10 Å². The van der Waals surface area contributed by atoms with E-state index in [1.807, 2.05) is 47.2 Å². The van der Waals surface area contributed by atoms with Crippen LogP contribution >= 0.6 is 11.3 Å². The number of rotatable bonds is 7. The van der Waals surface area contributed by atoms with Crippen LogP contribution in [0.5, 0.6) is 0 Å². The number of hydrogen-bond acceptors (Lipinski definition) is 6. The molecule has 4 rings (SSSR count). The second kappa shape index (κ2) is 9.57. The average molecular weight is 448 g/mol. The third kappa shape index (κ3) is 4.76. The molecule has 0 bridgehead atoms. The quantitative estimate of drug-likeness (QED) is 0.406. The molecule has 0 saturated heterocycles. The minimum absolute atomic E-state index is 0.00409. The maximum absolute atomic E-state index is 12.9. The second-order valence-corrected chi connectivity index (χ2v) is 8.08. The van der Waals surface area contributed by atoms with Gasteiger partial charge in [0.1, 0.15) is 0 Å². The lowest BCUT2D eigenvalue weighted by Crippen LogP contribution is -2.31. The molecular formula is C24H21N3O4S. The van der Waals surface area contributed by atoms with Crippen molar-refractivity contribution in [3.05, 3.63) is 98.6 Å². The molecule has 0 N–H and O–H groups in total. The Kier molecular flexibility index (Phi) is 6.42. The fraction of sp³-hybridized carbons (Fsp3) is 0.167. The number of esters is 1. The van der Waals surface area contributed by atoms with Gasteiger partial charge in [0, 0.05) is 19.0 Å². The fourth-order valence-corrected chi connectivity index (χ4v) is 3.96. The van der Waals surface area contributed by atoms with Crippen LogP contribution in [0.3, 0.4) is 0 Å². The van der Waals surface area contributed by atoms with Crippen LogP contribution in [0.15, 0.2) is 76.2 Å². The molecular weight excluding hydrogens is 426 g/mol. The Morgan fingerprint density at radius 1 is 1.00 bits per heavy atom. The highest BCUT2D eigenvalue weighted by molar-refractivity contribution is 7.07. The molecule has 0 radical (unpaired) electrons. The summed E-state index contributed by atoms with van der Waals surface area (Å²) in [7, 11) is 1.65. The first-order valence-corrected chi connectivity index (χ1v) is 10.9. The second-order valence-electron chi connectivity index (χ2n) is 7.30. The predicted octanol–water partition coefficient (Wildman–Crippen LogP) is 3.32. The van der Waals surface area contributed by atoms with Gasteiger partial charge >= 0.3 is 5.97 Å². The molecule has 0 atom stereocenters. The lowest BCUT2D eigenvalue weighted by atomic mass is 10.1. The lowest BCUT2D eigenvalue weighted by Gasteiger charge is -2.16. The van der Waals surface area contributed by atoms with Crippen molar-refractivity contribution >= 4 is 34.0 Å². The molecule has 0 aliphatic carbocycles. The highest BCUT2D eigenvalue weighted by atomic mass is 32.1. The molecule has 7 nitrogen and oxygen atoms in total. The van der Waals surface area contributed by atoms with Gasteiger partial charge in [-0.3, -0.25) is 9.59 Å². The summed E-state index contributed by atoms with van der Waals surface area (Å²) in [6.07, 6.45) is 0. The molecule has 2 aromatic heterocycles. The van der Waals surface area contributed by atoms with E-state index in [4.69, 9.17) is 4.74 Å². The topological polar surface area (TPSA) is 81.5 Å². The minimum Gasteiger partial charge on any atom is -0.451 e. The number of nitrogens with zero attached hydrogens (tertiary/aromatic N) is 3. The number of carbonyl (C=O) groups excluding carboxylic acids is 2. The number of fused-ring (bicyclic) bond motifs is 1. The Labute approximate surface area is 188 Å². The maximum atomic E-state index is 12.9. The molecule has 0 saturated carbocycles. The van der Waals surface area contributed by atoms with Gasteiger partial charge in [0.15, 0.2) is 12.3 Å². The van der Waals surface area contributed by atoms with Crippen LogP contribution in [0, 0.1) is 0 Å². The number of likely N-dealkylation sites (N-methyl/N-ethyl adjacent to an activating group) is 1. The molecule has 32 heavy (non-hydrogen) atoms. The van der Waals surface area contributed by atoms with Crippen molar-refractivity contribution in [2.24, 2.45) is 0 Å². The van der Waals surface area contributed by atoms with Gasteiger partial charge in [-0.05, 0) is 34.0 Å². The number of aromatic nitrogens is 2. The summed E-state index contributed by atoms with van der Waals surface area (Å²) >= 11 is 1.55. The molecule has 0 aliphatic rings. The van der Waals surface area contributed by atoms with E-state index < -0.39 is 12.6 Å². The summed E-state index contributed by atoms with van der Waals surface area (Å²) in [6, 6.07) is 18.1. The van der Waals surface area contributed by atoms with Crippen molar-refractivity contribution in [2.75, 3.05) is 13.7 Å². The van der Waals surface area contributed by atoms with E-state index >= 15 is 0 Å². The van der Waals surface area contributed by atoms with Gasteiger partial charge in [-0.2, -0.15) is 16.4 Å². The van der Waals surface area contributed by atoms with Crippen LogP contribution < -0.4 is 5.56 Å². The molecule has 162 valence electrons. The third-order valence-electron chi connectivity index (χ3n) is 4.99. The molecule has 0 aliphatic heterocycles. The number of amides is 1. The van der Waals surface area contributed by atoms with E-state index in [0.717, 1.165) is 11.1 Å². The van der Waals surface area contributed by atoms with Crippen molar-refractivity contribution in [2.45, 2.75) is 13.1 Å². The van der Waals surface area contributed by atoms with Crippen molar-refractivity contribution in [3.63, 3.8) is 0 Å². The molecule has 0 spiro atoms. The summed E-state index contributed by atoms with van der Waals surface area (Å²) in [6.45, 7) is 0.239. The normalized spacial score (nSPS) is 10.8. The van der Waals surface area contributed by atoms with Crippen molar-refractivity contribution in [3.8, 4) is 0 Å². The van der Waals surface area contributed by atoms with Gasteiger partial charge in [-0.1, -0.05) is 48.5 Å². The van der Waals surface area contributed by atoms with Crippen LogP contribution in [0.4, 0.5) is 0 Å². The van der Waals surface area contributed by atoms with Crippen LogP contribution in [0.1, 0.15) is 21.6 Å². The van der Waals surface area contributed by atoms with Gasteiger partial charge < -0.3 is 9.64 Å². The zero-order chi connectivity index (χ0) is 22.5. The summed E-state index contributed by atoms with van der Waals surface area (Å²) in [5.41, 5.74) is 1.59. The monoisotopic (exact) mass is 447 g/mol. The first kappa shape index (κ1) is 21.5. The predicted molar refractivity (Wildman–Crippen MR) is 123 cm³/mol. The van der Waals surface area contributed by atoms with Crippen LogP contribution in [-0.2, 0) is 22.6 Å². The molecule has 0 unspecified atom stereocenters. The lowest BCUT2D eigenvalue weighted by molar-refractivity contribution is -0.133. The van der Waals surface area contributed by atoms with E-state index in [9.17, 15) is 14.4 Å². The van der Waals surface area contributed by atoms with Crippen LogP contribution in [0.2, 0.25) is 0 Å². The number of benzene rings is 2. The molecule has 4 aromatic rings. The summed E-state index contributed by atoms with van der Waals surface area (Å²) in [4.78, 5) is 39.7. The van der Waals surface area contributed by atoms with Gasteiger partial charge in [0.2, 0.25) is 0 Å². The Bertz CT molecular complexity index is 1300. The SMILES string of the molecule is CN(Cc1ccsc1)C(=O)COC(=O)c1nn(Cc2ccccc2)c(=O)c2ccccc12. The van der Waals surface area contributed by atoms with Gasteiger partial charge in [-0.15, -0.1) is 0 Å². The molecule has 8 heteroatoms. The average Bonchev–Trinajstić information content (AvgIpc) is 3.33. The number of hydrogen-bond donors (Lipinski definition) is 0. The Hall–Kier alpha value is -3.78. The highest BCUT2D eigenvalue weighted by Gasteiger charge is 2.20. The van der Waals surface area contributed by atoms with Crippen molar-refractivity contribution < 1.29 is 14.3 Å².